The molecule has 2 saturated heterocycles. The number of nitrogens with zero attached hydrogens (tertiary/aromatic N) is 3. The standard InChI is InChI=1S/C21H25F2N3O2/c1-14-19(15(2)28-24-14)20(27)26-9-7-21(13-26)6-3-8-25(12-21)11-16-4-5-17(22)18(23)10-16/h4-5,10H,3,6-9,11-13H2,1-2H3. The topological polar surface area (TPSA) is 49.6 Å². The number of benzene rings is 1. The fourth-order valence-corrected chi connectivity index (χ4v) is 4.73. The zero-order valence-corrected chi connectivity index (χ0v) is 16.3. The maximum Gasteiger partial charge on any atom is 0.259 e. The van der Waals surface area contributed by atoms with Gasteiger partial charge in [0.05, 0.1) is 5.69 Å². The Hall–Kier alpha value is -2.28. The summed E-state index contributed by atoms with van der Waals surface area (Å²) in [7, 11) is 0. The van der Waals surface area contributed by atoms with Crippen LogP contribution in [0, 0.1) is 30.9 Å². The van der Waals surface area contributed by atoms with Crippen LogP contribution in [0.2, 0.25) is 0 Å². The molecule has 7 heteroatoms. The van der Waals surface area contributed by atoms with Crippen LogP contribution in [0.1, 0.15) is 46.6 Å². The minimum atomic E-state index is -0.817. The molecule has 3 heterocycles. The van der Waals surface area contributed by atoms with Crippen LogP contribution in [0.15, 0.2) is 22.7 Å². The molecule has 5 nitrogen and oxygen atoms in total. The van der Waals surface area contributed by atoms with Gasteiger partial charge in [0.1, 0.15) is 11.3 Å². The van der Waals surface area contributed by atoms with Crippen molar-refractivity contribution in [2.75, 3.05) is 26.2 Å². The molecule has 2 aliphatic heterocycles. The molecule has 1 atom stereocenters. The number of halogens is 2. The van der Waals surface area contributed by atoms with E-state index in [2.05, 4.69) is 10.1 Å². The number of rotatable bonds is 3. The molecular formula is C21H25F2N3O2. The average Bonchev–Trinajstić information content (AvgIpc) is 3.21. The van der Waals surface area contributed by atoms with Crippen molar-refractivity contribution in [2.24, 2.45) is 5.41 Å². The minimum Gasteiger partial charge on any atom is -0.361 e. The summed E-state index contributed by atoms with van der Waals surface area (Å²) in [6, 6.07) is 4.10. The van der Waals surface area contributed by atoms with Crippen LogP contribution in [0.3, 0.4) is 0 Å². The number of amides is 1. The maximum absolute atomic E-state index is 13.5. The van der Waals surface area contributed by atoms with E-state index < -0.39 is 11.6 Å². The molecule has 0 radical (unpaired) electrons. The minimum absolute atomic E-state index is 0.00847. The molecule has 2 fully saturated rings. The third-order valence-corrected chi connectivity index (χ3v) is 6.10. The van der Waals surface area contributed by atoms with Crippen LogP contribution in [0.5, 0.6) is 0 Å². The van der Waals surface area contributed by atoms with Gasteiger partial charge in [-0.1, -0.05) is 11.2 Å². The fourth-order valence-electron chi connectivity index (χ4n) is 4.73. The van der Waals surface area contributed by atoms with Gasteiger partial charge in [0.2, 0.25) is 0 Å². The summed E-state index contributed by atoms with van der Waals surface area (Å²) < 4.78 is 31.8. The Labute approximate surface area is 163 Å². The highest BCUT2D eigenvalue weighted by Crippen LogP contribution is 2.40. The SMILES string of the molecule is Cc1noc(C)c1C(=O)N1CCC2(CCCN(Cc3ccc(F)c(F)c3)C2)C1. The van der Waals surface area contributed by atoms with Gasteiger partial charge in [-0.15, -0.1) is 0 Å². The van der Waals surface area contributed by atoms with E-state index >= 15 is 0 Å². The molecule has 1 aromatic carbocycles. The van der Waals surface area contributed by atoms with Crippen LogP contribution >= 0.6 is 0 Å². The van der Waals surface area contributed by atoms with Gasteiger partial charge in [0, 0.05) is 31.6 Å². The number of carbonyl (C=O) groups excluding carboxylic acids is 1. The number of aryl methyl sites for hydroxylation is 2. The van der Waals surface area contributed by atoms with E-state index in [4.69, 9.17) is 4.52 Å². The van der Waals surface area contributed by atoms with Crippen molar-refractivity contribution in [3.8, 4) is 0 Å². The van der Waals surface area contributed by atoms with Crippen LogP contribution in [-0.4, -0.2) is 47.0 Å². The lowest BCUT2D eigenvalue weighted by Gasteiger charge is -2.40. The molecular weight excluding hydrogens is 364 g/mol. The van der Waals surface area contributed by atoms with E-state index in [1.54, 1.807) is 19.9 Å². The zero-order chi connectivity index (χ0) is 19.9. The van der Waals surface area contributed by atoms with E-state index in [9.17, 15) is 13.6 Å². The van der Waals surface area contributed by atoms with E-state index in [0.29, 0.717) is 30.1 Å². The molecule has 1 unspecified atom stereocenters. The molecule has 2 aromatic rings. The first-order valence-corrected chi connectivity index (χ1v) is 9.75. The van der Waals surface area contributed by atoms with Crippen molar-refractivity contribution in [2.45, 2.75) is 39.7 Å². The summed E-state index contributed by atoms with van der Waals surface area (Å²) in [6.45, 7) is 7.38. The van der Waals surface area contributed by atoms with Crippen LogP contribution in [0.4, 0.5) is 8.78 Å². The van der Waals surface area contributed by atoms with Gasteiger partial charge in [-0.05, 0) is 57.4 Å². The van der Waals surface area contributed by atoms with Gasteiger partial charge in [-0.2, -0.15) is 0 Å². The van der Waals surface area contributed by atoms with E-state index in [0.717, 1.165) is 44.5 Å². The summed E-state index contributed by atoms with van der Waals surface area (Å²) >= 11 is 0. The Balaban J connectivity index is 1.44. The Morgan fingerprint density at radius 1 is 1.18 bits per heavy atom. The lowest BCUT2D eigenvalue weighted by molar-refractivity contribution is 0.0673. The second kappa shape index (κ2) is 7.28. The monoisotopic (exact) mass is 389 g/mol. The molecule has 2 aliphatic rings. The molecule has 1 aromatic heterocycles. The predicted octanol–water partition coefficient (Wildman–Crippen LogP) is 3.70. The summed E-state index contributed by atoms with van der Waals surface area (Å²) in [6.07, 6.45) is 3.07. The summed E-state index contributed by atoms with van der Waals surface area (Å²) in [4.78, 5) is 17.2. The molecule has 150 valence electrons. The lowest BCUT2D eigenvalue weighted by atomic mass is 9.79. The van der Waals surface area contributed by atoms with Gasteiger partial charge in [0.25, 0.3) is 5.91 Å². The molecule has 1 spiro atoms. The zero-order valence-electron chi connectivity index (χ0n) is 16.3. The van der Waals surface area contributed by atoms with E-state index in [1.807, 2.05) is 4.90 Å². The third-order valence-electron chi connectivity index (χ3n) is 6.10. The first kappa shape index (κ1) is 19.1. The van der Waals surface area contributed by atoms with Crippen molar-refractivity contribution in [3.05, 3.63) is 52.4 Å². The number of piperidine rings is 1. The number of likely N-dealkylation sites (tertiary alicyclic amines) is 2. The van der Waals surface area contributed by atoms with Crippen molar-refractivity contribution >= 4 is 5.91 Å². The predicted molar refractivity (Wildman–Crippen MR) is 99.8 cm³/mol. The second-order valence-corrected chi connectivity index (χ2v) is 8.24. The maximum atomic E-state index is 13.5. The summed E-state index contributed by atoms with van der Waals surface area (Å²) in [5, 5.41) is 3.90. The summed E-state index contributed by atoms with van der Waals surface area (Å²) in [5.74, 6) is -1.07. The molecule has 4 rings (SSSR count). The van der Waals surface area contributed by atoms with E-state index in [1.165, 1.54) is 12.1 Å². The Morgan fingerprint density at radius 3 is 2.71 bits per heavy atom. The summed E-state index contributed by atoms with van der Waals surface area (Å²) in [5.41, 5.74) is 2.04. The van der Waals surface area contributed by atoms with Crippen LogP contribution < -0.4 is 0 Å². The quantitative estimate of drug-likeness (QED) is 0.803. The fraction of sp³-hybridized carbons (Fsp3) is 0.524. The molecule has 1 amide bonds. The van der Waals surface area contributed by atoms with Crippen molar-refractivity contribution in [1.29, 1.82) is 0 Å². The van der Waals surface area contributed by atoms with Crippen LogP contribution in [-0.2, 0) is 6.54 Å². The van der Waals surface area contributed by atoms with Crippen molar-refractivity contribution in [3.63, 3.8) is 0 Å². The average molecular weight is 389 g/mol. The second-order valence-electron chi connectivity index (χ2n) is 8.24. The Morgan fingerprint density at radius 2 is 2.00 bits per heavy atom. The normalized spacial score (nSPS) is 22.9. The number of carbonyl (C=O) groups is 1. The van der Waals surface area contributed by atoms with Gasteiger partial charge in [-0.3, -0.25) is 9.69 Å². The number of hydrogen-bond acceptors (Lipinski definition) is 4. The first-order chi connectivity index (χ1) is 13.4. The number of hydrogen-bond donors (Lipinski definition) is 0. The van der Waals surface area contributed by atoms with Crippen molar-refractivity contribution in [1.82, 2.24) is 15.0 Å². The molecule has 0 saturated carbocycles. The Bertz CT molecular complexity index is 878. The van der Waals surface area contributed by atoms with Crippen LogP contribution in [0.25, 0.3) is 0 Å². The van der Waals surface area contributed by atoms with Gasteiger partial charge in [0.15, 0.2) is 11.6 Å². The highest BCUT2D eigenvalue weighted by atomic mass is 19.2. The van der Waals surface area contributed by atoms with Gasteiger partial charge in [-0.25, -0.2) is 8.78 Å². The smallest absolute Gasteiger partial charge is 0.259 e. The molecule has 0 bridgehead atoms. The van der Waals surface area contributed by atoms with Crippen molar-refractivity contribution < 1.29 is 18.1 Å². The highest BCUT2D eigenvalue weighted by Gasteiger charge is 2.43. The molecule has 0 N–H and O–H groups in total. The lowest BCUT2D eigenvalue weighted by Crippen LogP contribution is -2.45. The van der Waals surface area contributed by atoms with Gasteiger partial charge >= 0.3 is 0 Å². The molecule has 28 heavy (non-hydrogen) atoms. The first-order valence-electron chi connectivity index (χ1n) is 9.75. The highest BCUT2D eigenvalue weighted by molar-refractivity contribution is 5.96. The third kappa shape index (κ3) is 3.55. The van der Waals surface area contributed by atoms with E-state index in [-0.39, 0.29) is 11.3 Å². The largest absolute Gasteiger partial charge is 0.361 e. The number of aromatic nitrogens is 1. The Kier molecular flexibility index (Phi) is 4.95. The van der Waals surface area contributed by atoms with Gasteiger partial charge < -0.3 is 9.42 Å². The molecule has 0 aliphatic carbocycles.